The van der Waals surface area contributed by atoms with Crippen molar-refractivity contribution in [3.63, 3.8) is 0 Å². The van der Waals surface area contributed by atoms with Gasteiger partial charge in [-0.3, -0.25) is 9.59 Å². The van der Waals surface area contributed by atoms with Gasteiger partial charge in [-0.05, 0) is 24.3 Å². The summed E-state index contributed by atoms with van der Waals surface area (Å²) in [5.41, 5.74) is -0.522. The number of nitrogens with one attached hydrogen (secondary N) is 2. The molecule has 0 fully saturated rings. The Labute approximate surface area is 159 Å². The number of esters is 1. The summed E-state index contributed by atoms with van der Waals surface area (Å²) < 4.78 is 4.58. The number of rotatable bonds is 6. The van der Waals surface area contributed by atoms with E-state index in [1.807, 2.05) is 0 Å². The fraction of sp³-hybridized carbons (Fsp3) is 0.167. The third-order valence-electron chi connectivity index (χ3n) is 3.78. The second-order valence-corrected chi connectivity index (χ2v) is 5.61. The minimum atomic E-state index is -1.33. The minimum Gasteiger partial charge on any atom is -0.504 e. The Balaban J connectivity index is 2.13. The fourth-order valence-corrected chi connectivity index (χ4v) is 2.29. The first-order chi connectivity index (χ1) is 13.3. The molecule has 0 aromatic heterocycles. The number of para-hydroxylation sites is 2. The van der Waals surface area contributed by atoms with Crippen LogP contribution in [0.5, 0.6) is 23.0 Å². The van der Waals surface area contributed by atoms with Crippen molar-refractivity contribution in [2.45, 2.75) is 6.04 Å². The molecular formula is C18H18N2O8. The van der Waals surface area contributed by atoms with E-state index in [-0.39, 0.29) is 11.1 Å². The van der Waals surface area contributed by atoms with E-state index in [2.05, 4.69) is 15.4 Å². The monoisotopic (exact) mass is 390 g/mol. The summed E-state index contributed by atoms with van der Waals surface area (Å²) in [5, 5.41) is 43.0. The minimum absolute atomic E-state index is 0.236. The maximum atomic E-state index is 12.3. The maximum absolute atomic E-state index is 12.3. The van der Waals surface area contributed by atoms with Gasteiger partial charge in [0, 0.05) is 6.54 Å². The van der Waals surface area contributed by atoms with E-state index in [1.165, 1.54) is 36.4 Å². The van der Waals surface area contributed by atoms with E-state index in [0.29, 0.717) is 0 Å². The zero-order chi connectivity index (χ0) is 20.8. The van der Waals surface area contributed by atoms with Crippen LogP contribution in [0.3, 0.4) is 0 Å². The number of aromatic hydroxyl groups is 4. The summed E-state index contributed by atoms with van der Waals surface area (Å²) in [5.74, 6) is -4.90. The molecule has 2 aromatic carbocycles. The number of phenolic OH excluding ortho intramolecular Hbond substituents is 4. The van der Waals surface area contributed by atoms with E-state index in [9.17, 15) is 34.8 Å². The molecule has 2 rings (SSSR count). The average molecular weight is 390 g/mol. The molecule has 1 atom stereocenters. The van der Waals surface area contributed by atoms with Gasteiger partial charge in [-0.1, -0.05) is 12.1 Å². The summed E-state index contributed by atoms with van der Waals surface area (Å²) >= 11 is 0. The van der Waals surface area contributed by atoms with Gasteiger partial charge in [-0.2, -0.15) is 0 Å². The first kappa shape index (κ1) is 20.4. The number of carbonyl (C=O) groups is 3. The standard InChI is InChI=1S/C18H18N2O8/c1-28-18(27)11(20-17(26)10-5-3-7-13(22)15(10)24)8-19-16(25)9-4-2-6-12(21)14(9)23/h2-7,11,21-24H,8H2,1H3,(H,19,25)(H,20,26)/t11-/m0/s1. The third-order valence-corrected chi connectivity index (χ3v) is 3.78. The van der Waals surface area contributed by atoms with Crippen LogP contribution < -0.4 is 10.6 Å². The number of hydrogen-bond donors (Lipinski definition) is 6. The van der Waals surface area contributed by atoms with Gasteiger partial charge in [0.25, 0.3) is 11.8 Å². The zero-order valence-corrected chi connectivity index (χ0v) is 14.7. The van der Waals surface area contributed by atoms with Crippen molar-refractivity contribution in [3.05, 3.63) is 47.5 Å². The predicted octanol–water partition coefficient (Wildman–Crippen LogP) is 0.210. The van der Waals surface area contributed by atoms with Crippen LogP contribution in [0.2, 0.25) is 0 Å². The lowest BCUT2D eigenvalue weighted by molar-refractivity contribution is -0.142. The molecule has 2 aromatic rings. The topological polar surface area (TPSA) is 165 Å². The molecule has 0 saturated carbocycles. The second-order valence-electron chi connectivity index (χ2n) is 5.61. The van der Waals surface area contributed by atoms with E-state index in [1.54, 1.807) is 0 Å². The molecule has 10 heteroatoms. The van der Waals surface area contributed by atoms with E-state index in [4.69, 9.17) is 0 Å². The summed E-state index contributed by atoms with van der Waals surface area (Å²) in [6.07, 6.45) is 0. The quantitative estimate of drug-likeness (QED) is 0.301. The molecule has 0 aliphatic rings. The summed E-state index contributed by atoms with van der Waals surface area (Å²) in [6.45, 7) is -0.411. The zero-order valence-electron chi connectivity index (χ0n) is 14.7. The second kappa shape index (κ2) is 8.62. The number of carbonyl (C=O) groups excluding carboxylic acids is 3. The van der Waals surface area contributed by atoms with Crippen molar-refractivity contribution in [2.24, 2.45) is 0 Å². The van der Waals surface area contributed by atoms with Crippen molar-refractivity contribution in [3.8, 4) is 23.0 Å². The highest BCUT2D eigenvalue weighted by Crippen LogP contribution is 2.28. The number of hydrogen-bond acceptors (Lipinski definition) is 8. The van der Waals surface area contributed by atoms with Crippen molar-refractivity contribution in [1.29, 1.82) is 0 Å². The highest BCUT2D eigenvalue weighted by Gasteiger charge is 2.25. The third kappa shape index (κ3) is 4.41. The highest BCUT2D eigenvalue weighted by molar-refractivity contribution is 6.00. The lowest BCUT2D eigenvalue weighted by Gasteiger charge is -2.18. The van der Waals surface area contributed by atoms with Crippen molar-refractivity contribution < 1.29 is 39.5 Å². The van der Waals surface area contributed by atoms with Crippen molar-refractivity contribution >= 4 is 17.8 Å². The van der Waals surface area contributed by atoms with Gasteiger partial charge >= 0.3 is 5.97 Å². The molecule has 0 aliphatic carbocycles. The number of methoxy groups -OCH3 is 1. The molecule has 0 saturated heterocycles. The van der Waals surface area contributed by atoms with Crippen LogP contribution in [-0.4, -0.2) is 57.9 Å². The Morgan fingerprint density at radius 3 is 1.89 bits per heavy atom. The molecule has 0 radical (unpaired) electrons. The van der Waals surface area contributed by atoms with Crippen LogP contribution in [0.25, 0.3) is 0 Å². The molecule has 10 nitrogen and oxygen atoms in total. The van der Waals surface area contributed by atoms with Crippen LogP contribution in [0.15, 0.2) is 36.4 Å². The van der Waals surface area contributed by atoms with Crippen LogP contribution in [0, 0.1) is 0 Å². The van der Waals surface area contributed by atoms with Gasteiger partial charge in [0.05, 0.1) is 18.2 Å². The van der Waals surface area contributed by atoms with Gasteiger partial charge in [-0.15, -0.1) is 0 Å². The molecule has 2 amide bonds. The van der Waals surface area contributed by atoms with Crippen LogP contribution >= 0.6 is 0 Å². The molecule has 0 spiro atoms. The SMILES string of the molecule is COC(=O)[C@H](CNC(=O)c1cccc(O)c1O)NC(=O)c1cccc(O)c1O. The summed E-state index contributed by atoms with van der Waals surface area (Å²) in [4.78, 5) is 36.4. The molecule has 28 heavy (non-hydrogen) atoms. The molecular weight excluding hydrogens is 372 g/mol. The lowest BCUT2D eigenvalue weighted by Crippen LogP contribution is -2.49. The van der Waals surface area contributed by atoms with Crippen LogP contribution in [-0.2, 0) is 9.53 Å². The molecule has 0 unspecified atom stereocenters. The van der Waals surface area contributed by atoms with Gasteiger partial charge in [0.2, 0.25) is 0 Å². The average Bonchev–Trinajstić information content (AvgIpc) is 2.68. The Kier molecular flexibility index (Phi) is 6.27. The first-order valence-corrected chi connectivity index (χ1v) is 7.95. The smallest absolute Gasteiger partial charge is 0.330 e. The van der Waals surface area contributed by atoms with E-state index < -0.39 is 53.4 Å². The number of benzene rings is 2. The largest absolute Gasteiger partial charge is 0.504 e. The molecule has 0 heterocycles. The predicted molar refractivity (Wildman–Crippen MR) is 95.1 cm³/mol. The van der Waals surface area contributed by atoms with Gasteiger partial charge in [-0.25, -0.2) is 4.79 Å². The number of phenols is 4. The number of amides is 2. The Morgan fingerprint density at radius 1 is 0.893 bits per heavy atom. The fourth-order valence-electron chi connectivity index (χ4n) is 2.29. The Bertz CT molecular complexity index is 912. The Morgan fingerprint density at radius 2 is 1.39 bits per heavy atom. The highest BCUT2D eigenvalue weighted by atomic mass is 16.5. The number of ether oxygens (including phenoxy) is 1. The van der Waals surface area contributed by atoms with Gasteiger partial charge in [0.15, 0.2) is 23.0 Å². The normalized spacial score (nSPS) is 11.3. The molecule has 148 valence electrons. The van der Waals surface area contributed by atoms with E-state index in [0.717, 1.165) is 7.11 Å². The van der Waals surface area contributed by atoms with Gasteiger partial charge < -0.3 is 35.8 Å². The summed E-state index contributed by atoms with van der Waals surface area (Å²) in [6, 6.07) is 6.17. The Hall–Kier alpha value is -3.95. The van der Waals surface area contributed by atoms with E-state index >= 15 is 0 Å². The van der Waals surface area contributed by atoms with Gasteiger partial charge in [0.1, 0.15) is 6.04 Å². The van der Waals surface area contributed by atoms with Crippen molar-refractivity contribution in [2.75, 3.05) is 13.7 Å². The molecule has 6 N–H and O–H groups in total. The molecule has 0 aliphatic heterocycles. The van der Waals surface area contributed by atoms with Crippen LogP contribution in [0.1, 0.15) is 20.7 Å². The first-order valence-electron chi connectivity index (χ1n) is 7.95. The maximum Gasteiger partial charge on any atom is 0.330 e. The lowest BCUT2D eigenvalue weighted by atomic mass is 10.1. The van der Waals surface area contributed by atoms with Crippen LogP contribution in [0.4, 0.5) is 0 Å². The molecule has 0 bridgehead atoms. The van der Waals surface area contributed by atoms with Crippen molar-refractivity contribution in [1.82, 2.24) is 10.6 Å². The summed E-state index contributed by atoms with van der Waals surface area (Å²) in [7, 11) is 1.08.